The summed E-state index contributed by atoms with van der Waals surface area (Å²) in [5.74, 6) is 0.720. The zero-order valence-corrected chi connectivity index (χ0v) is 14.2. The Labute approximate surface area is 109 Å². The van der Waals surface area contributed by atoms with Crippen LogP contribution < -0.4 is 0 Å². The zero-order chi connectivity index (χ0) is 11.9. The van der Waals surface area contributed by atoms with Crippen LogP contribution in [0, 0.1) is 0 Å². The number of hydrogen-bond donors (Lipinski definition) is 0. The second-order valence-electron chi connectivity index (χ2n) is 2.35. The standard InChI is InChI=1S/C6H16O3P2S4/c1-8-10(7,9-2)5-6-15-11(12,13-3)14-4/h5-6H2,1-4H3. The minimum atomic E-state index is -2.86. The van der Waals surface area contributed by atoms with Gasteiger partial charge in [-0.2, -0.15) is 0 Å². The first-order valence-corrected chi connectivity index (χ1v) is 13.8. The van der Waals surface area contributed by atoms with Crippen molar-refractivity contribution in [3.05, 3.63) is 0 Å². The fraction of sp³-hybridized carbons (Fsp3) is 1.00. The summed E-state index contributed by atoms with van der Waals surface area (Å²) in [5, 5.41) is 0. The predicted molar refractivity (Wildman–Crippen MR) is 80.3 cm³/mol. The van der Waals surface area contributed by atoms with Crippen molar-refractivity contribution in [1.82, 2.24) is 0 Å². The normalized spacial score (nSPS) is 13.1. The highest BCUT2D eigenvalue weighted by atomic mass is 33.5. The molecule has 0 heterocycles. The average Bonchev–Trinajstić information content (AvgIpc) is 2.28. The van der Waals surface area contributed by atoms with Crippen LogP contribution in [0.3, 0.4) is 0 Å². The molecule has 0 saturated heterocycles. The van der Waals surface area contributed by atoms with Gasteiger partial charge in [-0.1, -0.05) is 11.8 Å². The summed E-state index contributed by atoms with van der Waals surface area (Å²) in [6, 6.07) is 0. The molecule has 0 saturated carbocycles. The molecule has 0 aromatic rings. The van der Waals surface area contributed by atoms with Gasteiger partial charge in [-0.15, -0.1) is 34.1 Å². The lowest BCUT2D eigenvalue weighted by Crippen LogP contribution is -1.96. The Hall–Kier alpha value is 1.85. The van der Waals surface area contributed by atoms with Crippen LogP contribution in [0.1, 0.15) is 0 Å². The Bertz CT molecular complexity index is 231. The first-order chi connectivity index (χ1) is 6.95. The van der Waals surface area contributed by atoms with Gasteiger partial charge in [0.2, 0.25) is 0 Å². The molecule has 15 heavy (non-hydrogen) atoms. The highest BCUT2D eigenvalue weighted by Crippen LogP contribution is 2.76. The van der Waals surface area contributed by atoms with Crippen molar-refractivity contribution >= 4 is 57.2 Å². The Morgan fingerprint density at radius 3 is 2.00 bits per heavy atom. The van der Waals surface area contributed by atoms with Crippen LogP contribution in [0.15, 0.2) is 0 Å². The maximum atomic E-state index is 11.7. The van der Waals surface area contributed by atoms with E-state index in [1.807, 2.05) is 12.5 Å². The number of rotatable bonds is 8. The van der Waals surface area contributed by atoms with Crippen molar-refractivity contribution in [1.29, 1.82) is 0 Å². The molecule has 0 aliphatic heterocycles. The minimum absolute atomic E-state index is 0.421. The van der Waals surface area contributed by atoms with Crippen molar-refractivity contribution in [2.24, 2.45) is 0 Å². The fourth-order valence-electron chi connectivity index (χ4n) is 0.701. The molecule has 0 aliphatic carbocycles. The molecule has 0 amide bonds. The van der Waals surface area contributed by atoms with Crippen molar-refractivity contribution in [2.75, 3.05) is 38.6 Å². The average molecular weight is 326 g/mol. The van der Waals surface area contributed by atoms with Crippen molar-refractivity contribution in [3.8, 4) is 0 Å². The highest BCUT2D eigenvalue weighted by molar-refractivity contribution is 9.22. The molecule has 0 N–H and O–H groups in total. The maximum Gasteiger partial charge on any atom is 0.330 e. The highest BCUT2D eigenvalue weighted by Gasteiger charge is 2.23. The quantitative estimate of drug-likeness (QED) is 0.620. The minimum Gasteiger partial charge on any atom is -0.312 e. The van der Waals surface area contributed by atoms with E-state index in [0.717, 1.165) is 5.75 Å². The van der Waals surface area contributed by atoms with Gasteiger partial charge in [-0.25, -0.2) is 0 Å². The zero-order valence-electron chi connectivity index (χ0n) is 9.17. The topological polar surface area (TPSA) is 35.5 Å². The molecule has 3 nitrogen and oxygen atoms in total. The second-order valence-corrected chi connectivity index (χ2v) is 20.7. The monoisotopic (exact) mass is 326 g/mol. The largest absolute Gasteiger partial charge is 0.330 e. The van der Waals surface area contributed by atoms with Gasteiger partial charge in [-0.05, 0) is 12.5 Å². The Morgan fingerprint density at radius 2 is 1.67 bits per heavy atom. The molecule has 92 valence electrons. The van der Waals surface area contributed by atoms with E-state index < -0.39 is 11.2 Å². The first kappa shape index (κ1) is 16.9. The summed E-state index contributed by atoms with van der Waals surface area (Å²) in [6.07, 6.45) is 4.47. The molecule has 0 bridgehead atoms. The summed E-state index contributed by atoms with van der Waals surface area (Å²) in [5.41, 5.74) is 0. The van der Waals surface area contributed by atoms with E-state index >= 15 is 0 Å². The molecule has 0 unspecified atom stereocenters. The molecule has 0 fully saturated rings. The van der Waals surface area contributed by atoms with E-state index in [9.17, 15) is 4.57 Å². The molecule has 0 aromatic heterocycles. The summed E-state index contributed by atoms with van der Waals surface area (Å²) < 4.78 is 20.0. The Morgan fingerprint density at radius 1 is 1.20 bits per heavy atom. The molecule has 0 radical (unpaired) electrons. The Balaban J connectivity index is 4.08. The van der Waals surface area contributed by atoms with Crippen LogP contribution in [0.4, 0.5) is 0 Å². The van der Waals surface area contributed by atoms with Crippen LogP contribution in [-0.2, 0) is 25.4 Å². The lowest BCUT2D eigenvalue weighted by Gasteiger charge is -2.17. The van der Waals surface area contributed by atoms with Crippen molar-refractivity contribution < 1.29 is 13.6 Å². The van der Waals surface area contributed by atoms with Crippen LogP contribution in [0.5, 0.6) is 0 Å². The van der Waals surface area contributed by atoms with Crippen LogP contribution in [0.2, 0.25) is 0 Å². The van der Waals surface area contributed by atoms with Crippen LogP contribution in [0.25, 0.3) is 0 Å². The Kier molecular flexibility index (Phi) is 9.03. The van der Waals surface area contributed by atoms with Gasteiger partial charge in [0.05, 0.1) is 6.16 Å². The molecular weight excluding hydrogens is 310 g/mol. The van der Waals surface area contributed by atoms with E-state index in [0.29, 0.717) is 6.16 Å². The number of hydrogen-bond acceptors (Lipinski definition) is 7. The van der Waals surface area contributed by atoms with E-state index in [4.69, 9.17) is 20.9 Å². The maximum absolute atomic E-state index is 11.7. The summed E-state index contributed by atoms with van der Waals surface area (Å²) >= 11 is 10.6. The third kappa shape index (κ3) is 6.37. The molecule has 0 aromatic carbocycles. The summed E-state index contributed by atoms with van der Waals surface area (Å²) in [7, 11) is -0.0343. The molecule has 0 spiro atoms. The molecule has 9 heteroatoms. The van der Waals surface area contributed by atoms with Gasteiger partial charge in [0.25, 0.3) is 0 Å². The van der Waals surface area contributed by atoms with E-state index in [1.165, 1.54) is 14.2 Å². The molecule has 0 rings (SSSR count). The fourth-order valence-corrected chi connectivity index (χ4v) is 10.8. The summed E-state index contributed by atoms with van der Waals surface area (Å²) in [4.78, 5) is 0. The van der Waals surface area contributed by atoms with Gasteiger partial charge in [0, 0.05) is 20.0 Å². The van der Waals surface area contributed by atoms with Crippen molar-refractivity contribution in [3.63, 3.8) is 0 Å². The molecule has 0 aliphatic rings. The van der Waals surface area contributed by atoms with Crippen LogP contribution in [-0.4, -0.2) is 38.6 Å². The van der Waals surface area contributed by atoms with Gasteiger partial charge in [-0.3, -0.25) is 4.57 Å². The van der Waals surface area contributed by atoms with Gasteiger partial charge in [0.1, 0.15) is 3.64 Å². The lowest BCUT2D eigenvalue weighted by atomic mass is 11.0. The predicted octanol–water partition coefficient (Wildman–Crippen LogP) is 4.16. The second kappa shape index (κ2) is 8.04. The van der Waals surface area contributed by atoms with Gasteiger partial charge in [0.15, 0.2) is 0 Å². The third-order valence-electron chi connectivity index (χ3n) is 1.62. The molecule has 0 atom stereocenters. The van der Waals surface area contributed by atoms with Crippen molar-refractivity contribution in [2.45, 2.75) is 0 Å². The third-order valence-corrected chi connectivity index (χ3v) is 20.5. The van der Waals surface area contributed by atoms with Crippen LogP contribution >= 0.6 is 45.4 Å². The molecular formula is C6H16O3P2S4. The SMILES string of the molecule is COP(=O)(CCSP(=S)(SC)SC)OC. The first-order valence-electron chi connectivity index (χ1n) is 4.02. The van der Waals surface area contributed by atoms with E-state index in [1.54, 1.807) is 34.1 Å². The summed E-state index contributed by atoms with van der Waals surface area (Å²) in [6.45, 7) is 0. The van der Waals surface area contributed by atoms with Gasteiger partial charge < -0.3 is 9.05 Å². The lowest BCUT2D eigenvalue weighted by molar-refractivity contribution is 0.277. The van der Waals surface area contributed by atoms with E-state index in [-0.39, 0.29) is 0 Å². The van der Waals surface area contributed by atoms with E-state index in [2.05, 4.69) is 0 Å². The smallest absolute Gasteiger partial charge is 0.312 e. The van der Waals surface area contributed by atoms with Gasteiger partial charge >= 0.3 is 7.60 Å².